The number of aliphatic imine (C=N–C) groups is 2. The van der Waals surface area contributed by atoms with Gasteiger partial charge in [-0.05, 0) is 44.6 Å². The average Bonchev–Trinajstić information content (AvgIpc) is 3.45. The molecule has 0 unspecified atom stereocenters. The van der Waals surface area contributed by atoms with Gasteiger partial charge in [0.05, 0.1) is 5.69 Å². The monoisotopic (exact) mass is 418 g/mol. The summed E-state index contributed by atoms with van der Waals surface area (Å²) in [4.78, 5) is 11.2. The first kappa shape index (κ1) is 20.2. The third kappa shape index (κ3) is 3.75. The van der Waals surface area contributed by atoms with E-state index in [2.05, 4.69) is 29.6 Å². The van der Waals surface area contributed by atoms with Crippen LogP contribution in [0.2, 0.25) is 0 Å². The van der Waals surface area contributed by atoms with Crippen LogP contribution >= 0.6 is 0 Å². The minimum absolute atomic E-state index is 0.261. The molecule has 160 valence electrons. The lowest BCUT2D eigenvalue weighted by molar-refractivity contribution is 0.534. The molecule has 0 saturated carbocycles. The first-order valence-corrected chi connectivity index (χ1v) is 9.94. The number of aromatic nitrogens is 3. The van der Waals surface area contributed by atoms with Crippen molar-refractivity contribution in [3.8, 4) is 11.3 Å². The molecule has 2 aliphatic heterocycles. The Morgan fingerprint density at radius 2 is 2.16 bits per heavy atom. The predicted octanol–water partition coefficient (Wildman–Crippen LogP) is 2.24. The van der Waals surface area contributed by atoms with E-state index in [4.69, 9.17) is 21.2 Å². The van der Waals surface area contributed by atoms with Crippen molar-refractivity contribution in [3.63, 3.8) is 0 Å². The third-order valence-corrected chi connectivity index (χ3v) is 5.02. The van der Waals surface area contributed by atoms with Crippen molar-refractivity contribution in [2.75, 3.05) is 12.5 Å². The number of nitrogens with two attached hydrogens (primary N) is 1. The second kappa shape index (κ2) is 7.98. The zero-order valence-electron chi connectivity index (χ0n) is 18.0. The lowest BCUT2D eigenvalue weighted by atomic mass is 10.1. The molecule has 31 heavy (non-hydrogen) atoms. The molecule has 0 spiro atoms. The van der Waals surface area contributed by atoms with E-state index >= 15 is 0 Å². The molecule has 0 aliphatic carbocycles. The molecule has 2 aromatic heterocycles. The minimum atomic E-state index is 0.261. The smallest absolute Gasteiger partial charge is 0.189 e. The van der Waals surface area contributed by atoms with E-state index in [1.54, 1.807) is 6.08 Å². The van der Waals surface area contributed by atoms with Crippen LogP contribution in [0.4, 0.5) is 0 Å². The molecule has 10 heteroatoms. The van der Waals surface area contributed by atoms with Gasteiger partial charge in [-0.25, -0.2) is 9.98 Å². The highest BCUT2D eigenvalue weighted by Crippen LogP contribution is 2.30. The summed E-state index contributed by atoms with van der Waals surface area (Å²) in [5.74, 6) is 2.14. The summed E-state index contributed by atoms with van der Waals surface area (Å²) in [5, 5.41) is 15.1. The first-order chi connectivity index (χ1) is 14.9. The molecule has 4 heterocycles. The van der Waals surface area contributed by atoms with E-state index in [0.29, 0.717) is 11.7 Å². The van der Waals surface area contributed by atoms with Gasteiger partial charge in [0.1, 0.15) is 11.5 Å². The van der Waals surface area contributed by atoms with Crippen LogP contribution in [0, 0.1) is 12.3 Å². The zero-order valence-corrected chi connectivity index (χ0v) is 18.0. The number of amidine groups is 2. The molecule has 0 bridgehead atoms. The zero-order chi connectivity index (χ0) is 22.1. The Hall–Kier alpha value is -4.08. The molecule has 0 saturated heterocycles. The van der Waals surface area contributed by atoms with Gasteiger partial charge in [0.2, 0.25) is 0 Å². The van der Waals surface area contributed by atoms with Crippen LogP contribution < -0.4 is 16.5 Å². The van der Waals surface area contributed by atoms with Gasteiger partial charge in [0, 0.05) is 49.7 Å². The molecule has 0 radical (unpaired) electrons. The lowest BCUT2D eigenvalue weighted by Crippen LogP contribution is -2.30. The van der Waals surface area contributed by atoms with Gasteiger partial charge in [-0.2, -0.15) is 5.10 Å². The van der Waals surface area contributed by atoms with Crippen LogP contribution in [0.15, 0.2) is 64.6 Å². The Morgan fingerprint density at radius 3 is 2.81 bits per heavy atom. The van der Waals surface area contributed by atoms with Crippen molar-refractivity contribution in [1.82, 2.24) is 24.7 Å². The molecule has 5 N–H and O–H groups in total. The summed E-state index contributed by atoms with van der Waals surface area (Å²) in [6.07, 6.45) is 12.0. The molecular formula is C21H26N10. The van der Waals surface area contributed by atoms with Gasteiger partial charge in [0.25, 0.3) is 0 Å². The number of rotatable bonds is 4. The highest BCUT2D eigenvalue weighted by atomic mass is 15.5. The van der Waals surface area contributed by atoms with Gasteiger partial charge >= 0.3 is 0 Å². The van der Waals surface area contributed by atoms with Crippen molar-refractivity contribution >= 4 is 17.9 Å². The van der Waals surface area contributed by atoms with Crippen LogP contribution in [0.1, 0.15) is 31.1 Å². The highest BCUT2D eigenvalue weighted by molar-refractivity contribution is 6.11. The fraction of sp³-hybridized carbons (Fsp3) is 0.238. The van der Waals surface area contributed by atoms with E-state index in [0.717, 1.165) is 34.6 Å². The maximum absolute atomic E-state index is 7.16. The first-order valence-electron chi connectivity index (χ1n) is 9.94. The number of nitrogens with zero attached hydrogens (tertiary/aromatic N) is 6. The fourth-order valence-corrected chi connectivity index (χ4v) is 3.42. The van der Waals surface area contributed by atoms with E-state index in [-0.39, 0.29) is 11.9 Å². The highest BCUT2D eigenvalue weighted by Gasteiger charge is 2.26. The molecule has 2 aliphatic rings. The minimum Gasteiger partial charge on any atom is -0.384 e. The summed E-state index contributed by atoms with van der Waals surface area (Å²) in [6, 6.07) is 2.28. The Labute approximate surface area is 180 Å². The maximum Gasteiger partial charge on any atom is 0.189 e. The van der Waals surface area contributed by atoms with Gasteiger partial charge < -0.3 is 21.4 Å². The molecular weight excluding hydrogens is 392 g/mol. The van der Waals surface area contributed by atoms with Crippen molar-refractivity contribution in [3.05, 3.63) is 65.9 Å². The Bertz CT molecular complexity index is 1170. The number of nitrogens with one attached hydrogen (secondary N) is 3. The number of hydrogen-bond donors (Lipinski definition) is 4. The Balaban J connectivity index is 1.84. The number of hydrogen-bond acceptors (Lipinski definition) is 7. The van der Waals surface area contributed by atoms with Gasteiger partial charge in [-0.1, -0.05) is 0 Å². The molecule has 0 fully saturated rings. The van der Waals surface area contributed by atoms with Crippen LogP contribution in [0.25, 0.3) is 11.3 Å². The SMILES string of the molecule is Cc1c(-c2ccn(C(C)C)n2)cn2c1C(N=C(N)/C=C\C=N)=N/C(=C1\NC=CN1C)N2. The second-order valence-corrected chi connectivity index (χ2v) is 7.54. The van der Waals surface area contributed by atoms with Crippen molar-refractivity contribution in [2.24, 2.45) is 15.7 Å². The van der Waals surface area contributed by atoms with Crippen molar-refractivity contribution in [1.29, 1.82) is 5.41 Å². The summed E-state index contributed by atoms with van der Waals surface area (Å²) in [6.45, 7) is 6.21. The average molecular weight is 419 g/mol. The van der Waals surface area contributed by atoms with E-state index in [1.807, 2.05) is 59.1 Å². The van der Waals surface area contributed by atoms with Crippen molar-refractivity contribution in [2.45, 2.75) is 26.8 Å². The largest absolute Gasteiger partial charge is 0.384 e. The van der Waals surface area contributed by atoms with Crippen molar-refractivity contribution < 1.29 is 0 Å². The number of fused-ring (bicyclic) bond motifs is 1. The van der Waals surface area contributed by atoms with Crippen LogP contribution in [0.3, 0.4) is 0 Å². The molecule has 4 rings (SSSR count). The predicted molar refractivity (Wildman–Crippen MR) is 123 cm³/mol. The Kier molecular flexibility index (Phi) is 5.20. The summed E-state index contributed by atoms with van der Waals surface area (Å²) in [7, 11) is 1.93. The summed E-state index contributed by atoms with van der Waals surface area (Å²) >= 11 is 0. The van der Waals surface area contributed by atoms with E-state index in [1.165, 1.54) is 6.08 Å². The topological polar surface area (TPSA) is 125 Å². The number of allylic oxidation sites excluding steroid dienone is 1. The third-order valence-electron chi connectivity index (χ3n) is 5.02. The van der Waals surface area contributed by atoms with E-state index in [9.17, 15) is 0 Å². The standard InChI is InChI=1S/C21H26N10/c1-13(2)30-10-7-16(27-30)15-12-31-18(14(15)3)19(25-17(23)6-5-8-22)26-20(28-31)21-24-9-11-29(21)4/h5-13,22,24,28H,1-4H3,(H2,23,25,26)/b6-5-,21-20-,22-8?. The Morgan fingerprint density at radius 1 is 1.35 bits per heavy atom. The maximum atomic E-state index is 7.16. The summed E-state index contributed by atoms with van der Waals surface area (Å²) < 4.78 is 3.83. The quantitative estimate of drug-likeness (QED) is 0.448. The fourth-order valence-electron chi connectivity index (χ4n) is 3.42. The summed E-state index contributed by atoms with van der Waals surface area (Å²) in [5.41, 5.74) is 13.1. The van der Waals surface area contributed by atoms with Crippen LogP contribution in [0.5, 0.6) is 0 Å². The lowest BCUT2D eigenvalue weighted by Gasteiger charge is -2.22. The van der Waals surface area contributed by atoms with Crippen LogP contribution in [-0.2, 0) is 0 Å². The molecule has 10 nitrogen and oxygen atoms in total. The van der Waals surface area contributed by atoms with Gasteiger partial charge in [-0.15, -0.1) is 0 Å². The van der Waals surface area contributed by atoms with Crippen LogP contribution in [-0.4, -0.2) is 44.3 Å². The molecule has 0 atom stereocenters. The molecule has 0 aromatic carbocycles. The second-order valence-electron chi connectivity index (χ2n) is 7.54. The van der Waals surface area contributed by atoms with E-state index < -0.39 is 0 Å². The molecule has 2 aromatic rings. The van der Waals surface area contributed by atoms with Gasteiger partial charge in [0.15, 0.2) is 17.5 Å². The van der Waals surface area contributed by atoms with Gasteiger partial charge in [-0.3, -0.25) is 14.8 Å². The normalized spacial score (nSPS) is 18.4. The molecule has 0 amide bonds.